The molecule has 0 aliphatic heterocycles. The molecular formula is C14H18F2O. The third-order valence-electron chi connectivity index (χ3n) is 4.00. The Morgan fingerprint density at radius 3 is 2.65 bits per heavy atom. The zero-order chi connectivity index (χ0) is 12.6. The number of benzene rings is 1. The van der Waals surface area contributed by atoms with E-state index >= 15 is 0 Å². The van der Waals surface area contributed by atoms with Crippen molar-refractivity contribution in [3.63, 3.8) is 0 Å². The van der Waals surface area contributed by atoms with Crippen molar-refractivity contribution >= 4 is 0 Å². The van der Waals surface area contributed by atoms with E-state index in [1.807, 2.05) is 0 Å². The van der Waals surface area contributed by atoms with Crippen molar-refractivity contribution in [1.82, 2.24) is 0 Å². The molecule has 1 nitrogen and oxygen atoms in total. The molecule has 3 heteroatoms. The number of hydrogen-bond acceptors (Lipinski definition) is 1. The van der Waals surface area contributed by atoms with E-state index < -0.39 is 17.7 Å². The number of hydrogen-bond donors (Lipinski definition) is 1. The fraction of sp³-hybridized carbons (Fsp3) is 0.571. The van der Waals surface area contributed by atoms with Gasteiger partial charge in [-0.25, -0.2) is 8.78 Å². The smallest absolute Gasteiger partial charge is 0.129 e. The van der Waals surface area contributed by atoms with Crippen LogP contribution in [0.3, 0.4) is 0 Å². The van der Waals surface area contributed by atoms with Gasteiger partial charge in [0.05, 0.1) is 6.10 Å². The van der Waals surface area contributed by atoms with Gasteiger partial charge < -0.3 is 5.11 Å². The number of rotatable bonds is 2. The van der Waals surface area contributed by atoms with Gasteiger partial charge in [0, 0.05) is 5.56 Å². The van der Waals surface area contributed by atoms with Gasteiger partial charge in [-0.1, -0.05) is 20.3 Å². The van der Waals surface area contributed by atoms with Gasteiger partial charge in [-0.15, -0.1) is 0 Å². The molecule has 0 aromatic heterocycles. The first-order valence-corrected chi connectivity index (χ1v) is 6.05. The van der Waals surface area contributed by atoms with Gasteiger partial charge in [-0.05, 0) is 42.4 Å². The van der Waals surface area contributed by atoms with Crippen molar-refractivity contribution in [2.45, 2.75) is 39.2 Å². The lowest BCUT2D eigenvalue weighted by Gasteiger charge is -2.31. The predicted octanol–water partition coefficient (Wildman–Crippen LogP) is 3.82. The summed E-state index contributed by atoms with van der Waals surface area (Å²) >= 11 is 0. The Morgan fingerprint density at radius 2 is 2.06 bits per heavy atom. The lowest BCUT2D eigenvalue weighted by molar-refractivity contribution is 0.0502. The Kier molecular flexibility index (Phi) is 3.21. The van der Waals surface area contributed by atoms with Crippen LogP contribution >= 0.6 is 0 Å². The minimum atomic E-state index is -0.914. The molecule has 1 aromatic carbocycles. The summed E-state index contributed by atoms with van der Waals surface area (Å²) in [6.07, 6.45) is 2.00. The second kappa shape index (κ2) is 4.37. The predicted molar refractivity (Wildman–Crippen MR) is 62.4 cm³/mol. The summed E-state index contributed by atoms with van der Waals surface area (Å²) in [6.45, 7) is 4.15. The standard InChI is InChI=1S/C14H18F2O/c1-14(2)7-3-4-11(14)13(17)10-8-9(15)5-6-12(10)16/h5-6,8,11,13,17H,3-4,7H2,1-2H3. The van der Waals surface area contributed by atoms with Crippen molar-refractivity contribution in [1.29, 1.82) is 0 Å². The summed E-state index contributed by atoms with van der Waals surface area (Å²) < 4.78 is 26.7. The van der Waals surface area contributed by atoms with Crippen LogP contribution < -0.4 is 0 Å². The molecular weight excluding hydrogens is 222 g/mol. The van der Waals surface area contributed by atoms with E-state index in [9.17, 15) is 13.9 Å². The van der Waals surface area contributed by atoms with E-state index in [4.69, 9.17) is 0 Å². The molecule has 2 rings (SSSR count). The molecule has 1 fully saturated rings. The van der Waals surface area contributed by atoms with Crippen LogP contribution in [0.5, 0.6) is 0 Å². The van der Waals surface area contributed by atoms with Crippen LogP contribution in [0.15, 0.2) is 18.2 Å². The molecule has 0 amide bonds. The summed E-state index contributed by atoms with van der Waals surface area (Å²) in [5.41, 5.74) is 0.0722. The van der Waals surface area contributed by atoms with E-state index in [0.29, 0.717) is 0 Å². The molecule has 1 aliphatic rings. The molecule has 0 heterocycles. The van der Waals surface area contributed by atoms with Crippen LogP contribution in [0.1, 0.15) is 44.8 Å². The van der Waals surface area contributed by atoms with Crippen molar-refractivity contribution in [2.24, 2.45) is 11.3 Å². The molecule has 0 spiro atoms. The molecule has 0 radical (unpaired) electrons. The largest absolute Gasteiger partial charge is 0.388 e. The minimum absolute atomic E-state index is 0.00111. The molecule has 1 saturated carbocycles. The van der Waals surface area contributed by atoms with Gasteiger partial charge in [-0.2, -0.15) is 0 Å². The van der Waals surface area contributed by atoms with Crippen LogP contribution in [0.2, 0.25) is 0 Å². The first kappa shape index (κ1) is 12.5. The minimum Gasteiger partial charge on any atom is -0.388 e. The van der Waals surface area contributed by atoms with Crippen LogP contribution in [0, 0.1) is 23.0 Å². The highest BCUT2D eigenvalue weighted by Gasteiger charge is 2.40. The van der Waals surface area contributed by atoms with Crippen molar-refractivity contribution in [2.75, 3.05) is 0 Å². The molecule has 94 valence electrons. The Bertz CT molecular complexity index is 415. The van der Waals surface area contributed by atoms with Crippen molar-refractivity contribution in [3.05, 3.63) is 35.4 Å². The quantitative estimate of drug-likeness (QED) is 0.833. The zero-order valence-electron chi connectivity index (χ0n) is 10.2. The van der Waals surface area contributed by atoms with Crippen LogP contribution in [0.4, 0.5) is 8.78 Å². The fourth-order valence-corrected chi connectivity index (χ4v) is 2.90. The van der Waals surface area contributed by atoms with Gasteiger partial charge in [0.25, 0.3) is 0 Å². The normalized spacial score (nSPS) is 24.9. The fourth-order valence-electron chi connectivity index (χ4n) is 2.90. The molecule has 0 saturated heterocycles. The van der Waals surface area contributed by atoms with E-state index in [2.05, 4.69) is 13.8 Å². The maximum Gasteiger partial charge on any atom is 0.129 e. The zero-order valence-corrected chi connectivity index (χ0v) is 10.2. The van der Waals surface area contributed by atoms with E-state index in [0.717, 1.165) is 37.5 Å². The second-order valence-electron chi connectivity index (χ2n) is 5.60. The van der Waals surface area contributed by atoms with Crippen LogP contribution in [-0.2, 0) is 0 Å². The molecule has 17 heavy (non-hydrogen) atoms. The number of aliphatic hydroxyl groups excluding tert-OH is 1. The van der Waals surface area contributed by atoms with Gasteiger partial charge in [0.2, 0.25) is 0 Å². The third kappa shape index (κ3) is 2.34. The topological polar surface area (TPSA) is 20.2 Å². The van der Waals surface area contributed by atoms with Crippen LogP contribution in [0.25, 0.3) is 0 Å². The second-order valence-corrected chi connectivity index (χ2v) is 5.60. The molecule has 2 atom stereocenters. The Labute approximate surface area is 100 Å². The van der Waals surface area contributed by atoms with Crippen molar-refractivity contribution in [3.8, 4) is 0 Å². The summed E-state index contributed by atoms with van der Waals surface area (Å²) in [6, 6.07) is 3.26. The Morgan fingerprint density at radius 1 is 1.35 bits per heavy atom. The Hall–Kier alpha value is -0.960. The van der Waals surface area contributed by atoms with Crippen LogP contribution in [-0.4, -0.2) is 5.11 Å². The highest BCUT2D eigenvalue weighted by Crippen LogP contribution is 2.48. The summed E-state index contributed by atoms with van der Waals surface area (Å²) in [5, 5.41) is 10.3. The highest BCUT2D eigenvalue weighted by molar-refractivity contribution is 5.22. The van der Waals surface area contributed by atoms with Crippen molar-refractivity contribution < 1.29 is 13.9 Å². The molecule has 0 bridgehead atoms. The van der Waals surface area contributed by atoms with Gasteiger partial charge in [0.15, 0.2) is 0 Å². The highest BCUT2D eigenvalue weighted by atomic mass is 19.1. The Balaban J connectivity index is 2.30. The van der Waals surface area contributed by atoms with Gasteiger partial charge in [-0.3, -0.25) is 0 Å². The monoisotopic (exact) mass is 240 g/mol. The number of aliphatic hydroxyl groups is 1. The molecule has 2 unspecified atom stereocenters. The third-order valence-corrected chi connectivity index (χ3v) is 4.00. The maximum atomic E-state index is 13.6. The lowest BCUT2D eigenvalue weighted by Crippen LogP contribution is -2.24. The average molecular weight is 240 g/mol. The van der Waals surface area contributed by atoms with Gasteiger partial charge >= 0.3 is 0 Å². The SMILES string of the molecule is CC1(C)CCCC1C(O)c1cc(F)ccc1F. The molecule has 1 N–H and O–H groups in total. The molecule has 1 aromatic rings. The summed E-state index contributed by atoms with van der Waals surface area (Å²) in [5.74, 6) is -1.03. The average Bonchev–Trinajstić information content (AvgIpc) is 2.61. The van der Waals surface area contributed by atoms with Gasteiger partial charge in [0.1, 0.15) is 11.6 Å². The lowest BCUT2D eigenvalue weighted by atomic mass is 9.76. The summed E-state index contributed by atoms with van der Waals surface area (Å²) in [7, 11) is 0. The molecule has 1 aliphatic carbocycles. The van der Waals surface area contributed by atoms with E-state index in [1.165, 1.54) is 0 Å². The maximum absolute atomic E-state index is 13.6. The number of halogens is 2. The van der Waals surface area contributed by atoms with E-state index in [1.54, 1.807) is 0 Å². The first-order valence-electron chi connectivity index (χ1n) is 6.05. The van der Waals surface area contributed by atoms with E-state index in [-0.39, 0.29) is 16.9 Å². The first-order chi connectivity index (χ1) is 7.92. The summed E-state index contributed by atoms with van der Waals surface area (Å²) in [4.78, 5) is 0.